The highest BCUT2D eigenvalue weighted by Crippen LogP contribution is 2.28. The molecule has 0 aliphatic heterocycles. The Bertz CT molecular complexity index is 449. The van der Waals surface area contributed by atoms with E-state index in [1.54, 1.807) is 14.2 Å². The lowest BCUT2D eigenvalue weighted by atomic mass is 10.0. The van der Waals surface area contributed by atoms with Crippen molar-refractivity contribution in [3.63, 3.8) is 0 Å². The zero-order chi connectivity index (χ0) is 15.7. The van der Waals surface area contributed by atoms with Crippen LogP contribution in [-0.2, 0) is 11.2 Å². The van der Waals surface area contributed by atoms with Crippen LogP contribution in [0.3, 0.4) is 0 Å². The zero-order valence-corrected chi connectivity index (χ0v) is 13.1. The second-order valence-electron chi connectivity index (χ2n) is 4.98. The highest BCUT2D eigenvalue weighted by atomic mass is 16.5. The molecule has 1 rings (SSSR count). The van der Waals surface area contributed by atoms with Crippen molar-refractivity contribution >= 4 is 5.91 Å². The Balaban J connectivity index is 2.56. The first kappa shape index (κ1) is 17.3. The highest BCUT2D eigenvalue weighted by Gasteiger charge is 2.08. The molecule has 3 N–H and O–H groups in total. The number of ether oxygens (including phenoxy) is 2. The van der Waals surface area contributed by atoms with Crippen molar-refractivity contribution in [3.05, 3.63) is 23.8 Å². The molecular weight excluding hydrogens is 268 g/mol. The fourth-order valence-electron chi connectivity index (χ4n) is 1.95. The van der Waals surface area contributed by atoms with E-state index in [1.807, 2.05) is 18.2 Å². The molecule has 0 radical (unpaired) electrons. The molecule has 1 atom stereocenters. The van der Waals surface area contributed by atoms with Crippen molar-refractivity contribution in [2.75, 3.05) is 20.8 Å². The fourth-order valence-corrected chi connectivity index (χ4v) is 1.95. The number of hydrogen-bond donors (Lipinski definition) is 2. The van der Waals surface area contributed by atoms with Crippen molar-refractivity contribution in [1.82, 2.24) is 5.32 Å². The van der Waals surface area contributed by atoms with Gasteiger partial charge < -0.3 is 20.5 Å². The summed E-state index contributed by atoms with van der Waals surface area (Å²) in [7, 11) is 3.25. The molecule has 1 amide bonds. The molecule has 5 nitrogen and oxygen atoms in total. The maximum absolute atomic E-state index is 11.1. The summed E-state index contributed by atoms with van der Waals surface area (Å²) >= 11 is 0. The number of benzene rings is 1. The van der Waals surface area contributed by atoms with Gasteiger partial charge in [0.1, 0.15) is 0 Å². The fraction of sp³-hybridized carbons (Fsp3) is 0.562. The van der Waals surface area contributed by atoms with E-state index < -0.39 is 0 Å². The summed E-state index contributed by atoms with van der Waals surface area (Å²) in [6.07, 6.45) is 2.90. The van der Waals surface area contributed by atoms with Crippen LogP contribution in [0.4, 0.5) is 0 Å². The zero-order valence-electron chi connectivity index (χ0n) is 13.1. The molecular formula is C16H26N2O3. The SMILES string of the molecule is CCC(N)Cc1ccc(OCCCC(=O)NC)c(OC)c1. The first-order valence-corrected chi connectivity index (χ1v) is 7.36. The van der Waals surface area contributed by atoms with Crippen LogP contribution in [0.1, 0.15) is 31.7 Å². The van der Waals surface area contributed by atoms with Crippen LogP contribution in [0.25, 0.3) is 0 Å². The molecule has 1 aromatic carbocycles. The van der Waals surface area contributed by atoms with E-state index in [-0.39, 0.29) is 11.9 Å². The van der Waals surface area contributed by atoms with Gasteiger partial charge in [-0.25, -0.2) is 0 Å². The largest absolute Gasteiger partial charge is 0.493 e. The Morgan fingerprint density at radius 1 is 1.38 bits per heavy atom. The quantitative estimate of drug-likeness (QED) is 0.682. The Labute approximate surface area is 126 Å². The molecule has 0 spiro atoms. The number of rotatable bonds is 9. The smallest absolute Gasteiger partial charge is 0.219 e. The van der Waals surface area contributed by atoms with Gasteiger partial charge in [-0.1, -0.05) is 13.0 Å². The van der Waals surface area contributed by atoms with Crippen LogP contribution in [0.2, 0.25) is 0 Å². The Hall–Kier alpha value is -1.75. The Kier molecular flexibility index (Phi) is 7.61. The third kappa shape index (κ3) is 6.04. The van der Waals surface area contributed by atoms with Crippen LogP contribution in [-0.4, -0.2) is 32.7 Å². The normalized spacial score (nSPS) is 11.8. The average Bonchev–Trinajstić information content (AvgIpc) is 2.51. The van der Waals surface area contributed by atoms with E-state index >= 15 is 0 Å². The van der Waals surface area contributed by atoms with Crippen molar-refractivity contribution in [3.8, 4) is 11.5 Å². The third-order valence-electron chi connectivity index (χ3n) is 3.33. The van der Waals surface area contributed by atoms with Gasteiger partial charge in [-0.3, -0.25) is 4.79 Å². The lowest BCUT2D eigenvalue weighted by Gasteiger charge is -2.14. The van der Waals surface area contributed by atoms with E-state index in [2.05, 4.69) is 12.2 Å². The van der Waals surface area contributed by atoms with Gasteiger partial charge >= 0.3 is 0 Å². The van der Waals surface area contributed by atoms with E-state index in [4.69, 9.17) is 15.2 Å². The van der Waals surface area contributed by atoms with Gasteiger partial charge in [0.05, 0.1) is 13.7 Å². The van der Waals surface area contributed by atoms with Gasteiger partial charge in [0.25, 0.3) is 0 Å². The summed E-state index contributed by atoms with van der Waals surface area (Å²) in [5.41, 5.74) is 7.10. The third-order valence-corrected chi connectivity index (χ3v) is 3.33. The highest BCUT2D eigenvalue weighted by molar-refractivity contribution is 5.75. The van der Waals surface area contributed by atoms with E-state index in [1.165, 1.54) is 0 Å². The number of amides is 1. The van der Waals surface area contributed by atoms with Crippen molar-refractivity contribution in [2.24, 2.45) is 5.73 Å². The maximum atomic E-state index is 11.1. The minimum Gasteiger partial charge on any atom is -0.493 e. The summed E-state index contributed by atoms with van der Waals surface area (Å²) in [5, 5.41) is 2.59. The number of nitrogens with two attached hydrogens (primary N) is 1. The van der Waals surface area contributed by atoms with E-state index in [0.717, 1.165) is 18.4 Å². The molecule has 0 saturated heterocycles. The lowest BCUT2D eigenvalue weighted by molar-refractivity contribution is -0.120. The van der Waals surface area contributed by atoms with Crippen LogP contribution in [0, 0.1) is 0 Å². The standard InChI is InChI=1S/C16H26N2O3/c1-4-13(17)10-12-7-8-14(15(11-12)20-3)21-9-5-6-16(19)18-2/h7-8,11,13H,4-6,9-10,17H2,1-3H3,(H,18,19). The monoisotopic (exact) mass is 294 g/mol. The second kappa shape index (κ2) is 9.23. The molecule has 0 heterocycles. The molecule has 0 bridgehead atoms. The summed E-state index contributed by atoms with van der Waals surface area (Å²) in [5.74, 6) is 1.42. The van der Waals surface area contributed by atoms with Crippen LogP contribution < -0.4 is 20.5 Å². The predicted octanol–water partition coefficient (Wildman–Crippen LogP) is 1.88. The van der Waals surface area contributed by atoms with E-state index in [0.29, 0.717) is 30.9 Å². The van der Waals surface area contributed by atoms with Crippen molar-refractivity contribution in [1.29, 1.82) is 0 Å². The van der Waals surface area contributed by atoms with Crippen LogP contribution in [0.15, 0.2) is 18.2 Å². The van der Waals surface area contributed by atoms with Gasteiger partial charge in [0.15, 0.2) is 11.5 Å². The average molecular weight is 294 g/mol. The van der Waals surface area contributed by atoms with Gasteiger partial charge in [-0.15, -0.1) is 0 Å². The minimum atomic E-state index is 0.0227. The summed E-state index contributed by atoms with van der Waals surface area (Å²) in [4.78, 5) is 11.1. The van der Waals surface area contributed by atoms with Gasteiger partial charge in [0, 0.05) is 19.5 Å². The molecule has 0 aromatic heterocycles. The van der Waals surface area contributed by atoms with Gasteiger partial charge in [-0.2, -0.15) is 0 Å². The topological polar surface area (TPSA) is 73.6 Å². The van der Waals surface area contributed by atoms with Crippen molar-refractivity contribution < 1.29 is 14.3 Å². The molecule has 1 unspecified atom stereocenters. The summed E-state index contributed by atoms with van der Waals surface area (Å²) in [6.45, 7) is 2.56. The minimum absolute atomic E-state index is 0.0227. The summed E-state index contributed by atoms with van der Waals surface area (Å²) in [6, 6.07) is 6.03. The van der Waals surface area contributed by atoms with Crippen LogP contribution >= 0.6 is 0 Å². The Morgan fingerprint density at radius 3 is 2.76 bits per heavy atom. The molecule has 5 heteroatoms. The number of hydrogen-bond acceptors (Lipinski definition) is 4. The van der Waals surface area contributed by atoms with Crippen LogP contribution in [0.5, 0.6) is 11.5 Å². The molecule has 0 aliphatic carbocycles. The molecule has 0 aliphatic rings. The first-order chi connectivity index (χ1) is 10.1. The van der Waals surface area contributed by atoms with E-state index in [9.17, 15) is 4.79 Å². The lowest BCUT2D eigenvalue weighted by Crippen LogP contribution is -2.21. The van der Waals surface area contributed by atoms with Gasteiger partial charge in [-0.05, 0) is 37.0 Å². The molecule has 21 heavy (non-hydrogen) atoms. The predicted molar refractivity (Wildman–Crippen MR) is 83.8 cm³/mol. The Morgan fingerprint density at radius 2 is 2.14 bits per heavy atom. The molecule has 118 valence electrons. The summed E-state index contributed by atoms with van der Waals surface area (Å²) < 4.78 is 11.0. The maximum Gasteiger partial charge on any atom is 0.219 e. The second-order valence-corrected chi connectivity index (χ2v) is 4.98. The molecule has 1 aromatic rings. The van der Waals surface area contributed by atoms with Gasteiger partial charge in [0.2, 0.25) is 5.91 Å². The molecule has 0 fully saturated rings. The number of methoxy groups -OCH3 is 1. The molecule has 0 saturated carbocycles. The van der Waals surface area contributed by atoms with Crippen molar-refractivity contribution in [2.45, 2.75) is 38.6 Å². The number of carbonyl (C=O) groups is 1. The number of nitrogens with one attached hydrogen (secondary N) is 1. The first-order valence-electron chi connectivity index (χ1n) is 7.36. The number of carbonyl (C=O) groups excluding carboxylic acids is 1.